The lowest BCUT2D eigenvalue weighted by molar-refractivity contribution is -0.138. The number of hydrogen-bond acceptors (Lipinski definition) is 6. The van der Waals surface area contributed by atoms with Crippen LogP contribution in [0.5, 0.6) is 5.75 Å². The first-order valence-electron chi connectivity index (χ1n) is 8.94. The van der Waals surface area contributed by atoms with Crippen LogP contribution in [0.2, 0.25) is 0 Å². The molecule has 0 spiro atoms. The summed E-state index contributed by atoms with van der Waals surface area (Å²) in [4.78, 5) is 28.3. The van der Waals surface area contributed by atoms with Crippen molar-refractivity contribution in [2.75, 3.05) is 46.0 Å². The Labute approximate surface area is 152 Å². The molecule has 0 saturated carbocycles. The van der Waals surface area contributed by atoms with Crippen LogP contribution in [0.25, 0.3) is 5.57 Å². The highest BCUT2D eigenvalue weighted by Gasteiger charge is 2.38. The van der Waals surface area contributed by atoms with Gasteiger partial charge in [0.2, 0.25) is 0 Å². The maximum atomic E-state index is 12.6. The van der Waals surface area contributed by atoms with Crippen LogP contribution in [0.3, 0.4) is 0 Å². The summed E-state index contributed by atoms with van der Waals surface area (Å²) >= 11 is 0. The molecule has 0 aromatic heterocycles. The summed E-state index contributed by atoms with van der Waals surface area (Å²) in [5.74, 6) is -0.875. The number of amides is 2. The summed E-state index contributed by atoms with van der Waals surface area (Å²) < 4.78 is 10.7. The van der Waals surface area contributed by atoms with Crippen LogP contribution in [0.4, 0.5) is 0 Å². The Morgan fingerprint density at radius 2 is 1.77 bits per heavy atom. The molecule has 2 aliphatic heterocycles. The summed E-state index contributed by atoms with van der Waals surface area (Å²) in [6.45, 7) is 6.67. The molecule has 1 aromatic rings. The number of rotatable bonds is 7. The normalized spacial score (nSPS) is 18.7. The molecule has 0 radical (unpaired) electrons. The van der Waals surface area contributed by atoms with E-state index < -0.39 is 17.6 Å². The van der Waals surface area contributed by atoms with Gasteiger partial charge in [-0.1, -0.05) is 12.1 Å². The van der Waals surface area contributed by atoms with Gasteiger partial charge in [-0.3, -0.25) is 19.4 Å². The summed E-state index contributed by atoms with van der Waals surface area (Å²) in [5.41, 5.74) is 0.574. The van der Waals surface area contributed by atoms with Gasteiger partial charge in [0.05, 0.1) is 25.4 Å². The Balaban J connectivity index is 1.63. The average Bonchev–Trinajstić information content (AvgIpc) is 2.87. The molecule has 7 heteroatoms. The summed E-state index contributed by atoms with van der Waals surface area (Å²) in [6.07, 6.45) is 0.668. The van der Waals surface area contributed by atoms with Gasteiger partial charge in [-0.2, -0.15) is 0 Å². The lowest BCUT2D eigenvalue weighted by Gasteiger charge is -2.27. The van der Waals surface area contributed by atoms with Crippen molar-refractivity contribution in [3.05, 3.63) is 35.6 Å². The Morgan fingerprint density at radius 3 is 2.42 bits per heavy atom. The molecule has 140 valence electrons. The molecule has 0 bridgehead atoms. The van der Waals surface area contributed by atoms with Gasteiger partial charge in [-0.05, 0) is 31.0 Å². The zero-order chi connectivity index (χ0) is 18.5. The number of imide groups is 1. The van der Waals surface area contributed by atoms with Crippen LogP contribution in [-0.4, -0.2) is 72.7 Å². The third kappa shape index (κ3) is 3.89. The van der Waals surface area contributed by atoms with Crippen LogP contribution in [0.1, 0.15) is 18.9 Å². The van der Waals surface area contributed by atoms with Gasteiger partial charge in [0, 0.05) is 26.2 Å². The first-order chi connectivity index (χ1) is 12.6. The molecule has 0 aliphatic carbocycles. The molecule has 3 rings (SSSR count). The number of carbonyl (C=O) groups excluding carboxylic acids is 2. The van der Waals surface area contributed by atoms with Crippen molar-refractivity contribution in [2.45, 2.75) is 13.3 Å². The summed E-state index contributed by atoms with van der Waals surface area (Å²) in [6, 6.07) is 6.80. The number of aliphatic hydroxyl groups is 1. The van der Waals surface area contributed by atoms with E-state index in [1.54, 1.807) is 24.3 Å². The van der Waals surface area contributed by atoms with Crippen LogP contribution in [0, 0.1) is 0 Å². The second kappa shape index (κ2) is 8.33. The minimum Gasteiger partial charge on any atom is -0.502 e. The van der Waals surface area contributed by atoms with Crippen LogP contribution < -0.4 is 4.74 Å². The fraction of sp³-hybridized carbons (Fsp3) is 0.474. The van der Waals surface area contributed by atoms with Crippen LogP contribution in [-0.2, 0) is 14.3 Å². The quantitative estimate of drug-likeness (QED) is 0.742. The molecular formula is C19H24N2O5. The van der Waals surface area contributed by atoms with E-state index in [0.29, 0.717) is 44.1 Å². The minimum atomic E-state index is -0.624. The monoisotopic (exact) mass is 360 g/mol. The Morgan fingerprint density at radius 1 is 1.08 bits per heavy atom. The van der Waals surface area contributed by atoms with Crippen molar-refractivity contribution in [1.82, 2.24) is 9.80 Å². The maximum absolute atomic E-state index is 12.6. The smallest absolute Gasteiger partial charge is 0.296 e. The molecule has 1 saturated heterocycles. The highest BCUT2D eigenvalue weighted by Crippen LogP contribution is 2.29. The van der Waals surface area contributed by atoms with Crippen molar-refractivity contribution in [1.29, 1.82) is 0 Å². The van der Waals surface area contributed by atoms with E-state index in [-0.39, 0.29) is 5.57 Å². The van der Waals surface area contributed by atoms with Gasteiger partial charge in [-0.25, -0.2) is 0 Å². The second-order valence-corrected chi connectivity index (χ2v) is 6.25. The van der Waals surface area contributed by atoms with Gasteiger partial charge < -0.3 is 14.6 Å². The average molecular weight is 360 g/mol. The lowest BCUT2D eigenvalue weighted by atomic mass is 10.1. The maximum Gasteiger partial charge on any atom is 0.296 e. The molecule has 26 heavy (non-hydrogen) atoms. The van der Waals surface area contributed by atoms with E-state index in [2.05, 4.69) is 4.90 Å². The number of benzene rings is 1. The van der Waals surface area contributed by atoms with Crippen LogP contribution in [0.15, 0.2) is 30.0 Å². The van der Waals surface area contributed by atoms with E-state index in [1.807, 2.05) is 6.92 Å². The highest BCUT2D eigenvalue weighted by atomic mass is 16.5. The topological polar surface area (TPSA) is 79.3 Å². The van der Waals surface area contributed by atoms with Gasteiger partial charge in [0.25, 0.3) is 11.8 Å². The standard InChI is InChI=1S/C19H24N2O5/c1-2-26-15-6-4-14(5-7-15)16-17(22)19(24)21(18(16)23)9-3-8-20-10-12-25-13-11-20/h4-7,22H,2-3,8-13H2,1H3. The van der Waals surface area contributed by atoms with Gasteiger partial charge in [0.1, 0.15) is 5.75 Å². The van der Waals surface area contributed by atoms with E-state index >= 15 is 0 Å². The fourth-order valence-electron chi connectivity index (χ4n) is 3.19. The van der Waals surface area contributed by atoms with Crippen molar-refractivity contribution in [3.8, 4) is 5.75 Å². The molecule has 2 heterocycles. The third-order valence-corrected chi connectivity index (χ3v) is 4.56. The fourth-order valence-corrected chi connectivity index (χ4v) is 3.19. The number of hydrogen-bond donors (Lipinski definition) is 1. The highest BCUT2D eigenvalue weighted by molar-refractivity contribution is 6.34. The molecular weight excluding hydrogens is 336 g/mol. The predicted octanol–water partition coefficient (Wildman–Crippen LogP) is 1.45. The molecule has 1 N–H and O–H groups in total. The van der Waals surface area contributed by atoms with E-state index in [0.717, 1.165) is 24.5 Å². The molecule has 7 nitrogen and oxygen atoms in total. The largest absolute Gasteiger partial charge is 0.502 e. The number of aliphatic hydroxyl groups excluding tert-OH is 1. The van der Waals surface area contributed by atoms with E-state index in [4.69, 9.17) is 9.47 Å². The molecule has 1 fully saturated rings. The zero-order valence-corrected chi connectivity index (χ0v) is 14.9. The predicted molar refractivity (Wildman–Crippen MR) is 95.8 cm³/mol. The summed E-state index contributed by atoms with van der Waals surface area (Å²) in [7, 11) is 0. The SMILES string of the molecule is CCOc1ccc(C2=C(O)C(=O)N(CCCN3CCOCC3)C2=O)cc1. The second-order valence-electron chi connectivity index (χ2n) is 6.25. The van der Waals surface area contributed by atoms with Gasteiger partial charge >= 0.3 is 0 Å². The minimum absolute atomic E-state index is 0.0596. The van der Waals surface area contributed by atoms with Crippen molar-refractivity contribution < 1.29 is 24.2 Å². The third-order valence-electron chi connectivity index (χ3n) is 4.56. The van der Waals surface area contributed by atoms with Crippen molar-refractivity contribution >= 4 is 17.4 Å². The summed E-state index contributed by atoms with van der Waals surface area (Å²) in [5, 5.41) is 10.2. The van der Waals surface area contributed by atoms with E-state index in [9.17, 15) is 14.7 Å². The first-order valence-corrected chi connectivity index (χ1v) is 8.94. The Bertz CT molecular complexity index is 692. The lowest BCUT2D eigenvalue weighted by Crippen LogP contribution is -2.39. The Hall–Kier alpha value is -2.38. The molecule has 1 aromatic carbocycles. The molecule has 2 aliphatic rings. The number of ether oxygens (including phenoxy) is 2. The van der Waals surface area contributed by atoms with Crippen molar-refractivity contribution in [2.24, 2.45) is 0 Å². The molecule has 0 unspecified atom stereocenters. The van der Waals surface area contributed by atoms with Gasteiger partial charge in [-0.15, -0.1) is 0 Å². The number of morpholine rings is 1. The first kappa shape index (κ1) is 18.4. The van der Waals surface area contributed by atoms with Gasteiger partial charge in [0.15, 0.2) is 5.76 Å². The Kier molecular flexibility index (Phi) is 5.90. The van der Waals surface area contributed by atoms with Crippen molar-refractivity contribution in [3.63, 3.8) is 0 Å². The number of carbonyl (C=O) groups is 2. The van der Waals surface area contributed by atoms with Crippen LogP contribution >= 0.6 is 0 Å². The molecule has 2 amide bonds. The van der Waals surface area contributed by atoms with E-state index in [1.165, 1.54) is 0 Å². The number of nitrogens with zero attached hydrogens (tertiary/aromatic N) is 2. The molecule has 0 atom stereocenters. The zero-order valence-electron chi connectivity index (χ0n) is 14.9.